The van der Waals surface area contributed by atoms with Gasteiger partial charge >= 0.3 is 12.1 Å². The number of fused-ring (bicyclic) bond motifs is 3. The average molecular weight is 437 g/mol. The largest absolute Gasteiger partial charge is 0.480 e. The van der Waals surface area contributed by atoms with Crippen molar-refractivity contribution in [1.82, 2.24) is 10.2 Å². The number of hydrogen-bond donors (Lipinski definition) is 2. The molecule has 1 fully saturated rings. The van der Waals surface area contributed by atoms with Crippen molar-refractivity contribution in [2.45, 2.75) is 50.6 Å². The Bertz CT molecular complexity index is 975. The number of nitrogens with zero attached hydrogens (tertiary/aromatic N) is 1. The third kappa shape index (κ3) is 4.33. The van der Waals surface area contributed by atoms with Crippen LogP contribution in [-0.4, -0.2) is 53.2 Å². The van der Waals surface area contributed by atoms with Gasteiger partial charge in [-0.3, -0.25) is 4.79 Å². The minimum absolute atomic E-state index is 0.0317. The molecule has 0 radical (unpaired) electrons. The van der Waals surface area contributed by atoms with Gasteiger partial charge in [0.25, 0.3) is 0 Å². The van der Waals surface area contributed by atoms with E-state index in [4.69, 9.17) is 4.74 Å². The molecule has 168 valence electrons. The van der Waals surface area contributed by atoms with Gasteiger partial charge in [-0.05, 0) is 41.5 Å². The Morgan fingerprint density at radius 2 is 1.72 bits per heavy atom. The lowest BCUT2D eigenvalue weighted by Crippen LogP contribution is -2.44. The molecule has 4 rings (SSSR count). The molecule has 1 aliphatic carbocycles. The monoisotopic (exact) mass is 436 g/mol. The van der Waals surface area contributed by atoms with Crippen molar-refractivity contribution in [3.05, 3.63) is 59.7 Å². The van der Waals surface area contributed by atoms with E-state index in [0.717, 1.165) is 22.3 Å². The SMILES string of the molecule is CC[C@H](CC(=O)N1CCC[C@@H]1C(=O)O)NC(=O)OCC1c2ccccc2-c2ccccc21. The highest BCUT2D eigenvalue weighted by Crippen LogP contribution is 2.44. The molecule has 2 N–H and O–H groups in total. The van der Waals surface area contributed by atoms with Crippen LogP contribution in [0.2, 0.25) is 0 Å². The summed E-state index contributed by atoms with van der Waals surface area (Å²) >= 11 is 0. The molecule has 2 aromatic carbocycles. The van der Waals surface area contributed by atoms with Gasteiger partial charge in [-0.15, -0.1) is 0 Å². The van der Waals surface area contributed by atoms with Gasteiger partial charge in [0.2, 0.25) is 5.91 Å². The third-order valence-corrected chi connectivity index (χ3v) is 6.44. The van der Waals surface area contributed by atoms with Crippen molar-refractivity contribution < 1.29 is 24.2 Å². The van der Waals surface area contributed by atoms with Crippen molar-refractivity contribution in [3.8, 4) is 11.1 Å². The zero-order valence-corrected chi connectivity index (χ0v) is 18.1. The van der Waals surface area contributed by atoms with Crippen LogP contribution < -0.4 is 5.32 Å². The molecule has 7 heteroatoms. The molecular weight excluding hydrogens is 408 g/mol. The Kier molecular flexibility index (Phi) is 6.44. The fourth-order valence-corrected chi connectivity index (χ4v) is 4.75. The topological polar surface area (TPSA) is 95.9 Å². The number of aliphatic carboxylic acids is 1. The summed E-state index contributed by atoms with van der Waals surface area (Å²) in [5, 5.41) is 12.1. The molecular formula is C25H28N2O5. The Hall–Kier alpha value is -3.35. The highest BCUT2D eigenvalue weighted by Gasteiger charge is 2.35. The highest BCUT2D eigenvalue weighted by molar-refractivity contribution is 5.85. The first-order valence-corrected chi connectivity index (χ1v) is 11.1. The second-order valence-corrected chi connectivity index (χ2v) is 8.36. The first kappa shape index (κ1) is 21.9. The van der Waals surface area contributed by atoms with Crippen molar-refractivity contribution in [3.63, 3.8) is 0 Å². The number of carboxylic acid groups (broad SMARTS) is 1. The van der Waals surface area contributed by atoms with Gasteiger partial charge in [0, 0.05) is 24.9 Å². The molecule has 32 heavy (non-hydrogen) atoms. The molecule has 1 saturated heterocycles. The van der Waals surface area contributed by atoms with E-state index in [0.29, 0.717) is 25.8 Å². The first-order chi connectivity index (χ1) is 15.5. The number of rotatable bonds is 7. The number of ether oxygens (including phenoxy) is 1. The molecule has 7 nitrogen and oxygen atoms in total. The Balaban J connectivity index is 1.35. The van der Waals surface area contributed by atoms with Gasteiger partial charge in [-0.2, -0.15) is 0 Å². The molecule has 2 aromatic rings. The van der Waals surface area contributed by atoms with E-state index in [9.17, 15) is 19.5 Å². The van der Waals surface area contributed by atoms with Gasteiger partial charge in [-0.25, -0.2) is 9.59 Å². The fraction of sp³-hybridized carbons (Fsp3) is 0.400. The molecule has 2 aliphatic rings. The molecule has 0 bridgehead atoms. The summed E-state index contributed by atoms with van der Waals surface area (Å²) in [6, 6.07) is 15.1. The van der Waals surface area contributed by atoms with Crippen LogP contribution in [0.3, 0.4) is 0 Å². The van der Waals surface area contributed by atoms with Crippen LogP contribution >= 0.6 is 0 Å². The summed E-state index contributed by atoms with van der Waals surface area (Å²) in [5.74, 6) is -1.26. The van der Waals surface area contributed by atoms with Gasteiger partial charge in [-0.1, -0.05) is 55.5 Å². The van der Waals surface area contributed by atoms with E-state index in [1.54, 1.807) is 0 Å². The van der Waals surface area contributed by atoms with Crippen LogP contribution in [0, 0.1) is 0 Å². The summed E-state index contributed by atoms with van der Waals surface area (Å²) in [4.78, 5) is 37.9. The van der Waals surface area contributed by atoms with E-state index in [1.165, 1.54) is 4.90 Å². The van der Waals surface area contributed by atoms with Crippen LogP contribution in [-0.2, 0) is 14.3 Å². The predicted octanol–water partition coefficient (Wildman–Crippen LogP) is 3.77. The summed E-state index contributed by atoms with van der Waals surface area (Å²) in [7, 11) is 0. The molecule has 0 unspecified atom stereocenters. The van der Waals surface area contributed by atoms with Crippen molar-refractivity contribution in [1.29, 1.82) is 0 Å². The number of carboxylic acids is 1. The second-order valence-electron chi connectivity index (χ2n) is 8.36. The summed E-state index contributed by atoms with van der Waals surface area (Å²) in [6.07, 6.45) is 1.19. The van der Waals surface area contributed by atoms with E-state index >= 15 is 0 Å². The van der Waals surface area contributed by atoms with E-state index in [2.05, 4.69) is 29.6 Å². The first-order valence-electron chi connectivity index (χ1n) is 11.1. The summed E-state index contributed by atoms with van der Waals surface area (Å²) in [5.41, 5.74) is 4.59. The lowest BCUT2D eigenvalue weighted by Gasteiger charge is -2.24. The molecule has 2 amide bonds. The fourth-order valence-electron chi connectivity index (χ4n) is 4.75. The quantitative estimate of drug-likeness (QED) is 0.689. The predicted molar refractivity (Wildman–Crippen MR) is 119 cm³/mol. The molecule has 0 saturated carbocycles. The number of carbonyl (C=O) groups excluding carboxylic acids is 2. The standard InChI is InChI=1S/C25H28N2O5/c1-2-16(14-23(28)27-13-7-12-22(27)24(29)30)26-25(31)32-15-21-19-10-5-3-8-17(19)18-9-4-6-11-20(18)21/h3-6,8-11,16,21-22H,2,7,12-15H2,1H3,(H,26,31)(H,29,30)/t16-,22-/m1/s1. The Labute approximate surface area is 187 Å². The van der Waals surface area contributed by atoms with Gasteiger partial charge < -0.3 is 20.1 Å². The van der Waals surface area contributed by atoms with E-state index in [1.807, 2.05) is 31.2 Å². The minimum atomic E-state index is -0.978. The zero-order chi connectivity index (χ0) is 22.7. The van der Waals surface area contributed by atoms with Crippen molar-refractivity contribution in [2.75, 3.05) is 13.2 Å². The minimum Gasteiger partial charge on any atom is -0.480 e. The molecule has 0 spiro atoms. The highest BCUT2D eigenvalue weighted by atomic mass is 16.5. The van der Waals surface area contributed by atoms with Crippen LogP contribution in [0.15, 0.2) is 48.5 Å². The normalized spacial score (nSPS) is 18.0. The van der Waals surface area contributed by atoms with Gasteiger partial charge in [0.15, 0.2) is 0 Å². The average Bonchev–Trinajstić information content (AvgIpc) is 3.41. The van der Waals surface area contributed by atoms with E-state index < -0.39 is 24.1 Å². The molecule has 1 heterocycles. The maximum atomic E-state index is 12.6. The second kappa shape index (κ2) is 9.42. The lowest BCUT2D eigenvalue weighted by atomic mass is 9.98. The van der Waals surface area contributed by atoms with Crippen LogP contribution in [0.4, 0.5) is 4.79 Å². The maximum Gasteiger partial charge on any atom is 0.407 e. The number of carbonyl (C=O) groups is 3. The Morgan fingerprint density at radius 3 is 2.31 bits per heavy atom. The van der Waals surface area contributed by atoms with Crippen LogP contribution in [0.5, 0.6) is 0 Å². The number of hydrogen-bond acceptors (Lipinski definition) is 4. The third-order valence-electron chi connectivity index (χ3n) is 6.44. The lowest BCUT2D eigenvalue weighted by molar-refractivity contribution is -0.148. The molecule has 0 aromatic heterocycles. The number of amides is 2. The van der Waals surface area contributed by atoms with Crippen LogP contribution in [0.1, 0.15) is 49.7 Å². The van der Waals surface area contributed by atoms with Gasteiger partial charge in [0.1, 0.15) is 12.6 Å². The molecule has 2 atom stereocenters. The van der Waals surface area contributed by atoms with Crippen LogP contribution in [0.25, 0.3) is 11.1 Å². The van der Waals surface area contributed by atoms with E-state index in [-0.39, 0.29) is 24.9 Å². The Morgan fingerprint density at radius 1 is 1.09 bits per heavy atom. The van der Waals surface area contributed by atoms with Crippen molar-refractivity contribution in [2.24, 2.45) is 0 Å². The summed E-state index contributed by atoms with van der Waals surface area (Å²) in [6.45, 7) is 2.52. The molecule has 1 aliphatic heterocycles. The number of alkyl carbamates (subject to hydrolysis) is 1. The number of nitrogens with one attached hydrogen (secondary N) is 1. The summed E-state index contributed by atoms with van der Waals surface area (Å²) < 4.78 is 5.57. The van der Waals surface area contributed by atoms with Crippen molar-refractivity contribution >= 4 is 18.0 Å². The van der Waals surface area contributed by atoms with Gasteiger partial charge in [0.05, 0.1) is 0 Å². The number of likely N-dealkylation sites (tertiary alicyclic amines) is 1. The number of benzene rings is 2. The zero-order valence-electron chi connectivity index (χ0n) is 18.1. The smallest absolute Gasteiger partial charge is 0.407 e. The maximum absolute atomic E-state index is 12.6.